The summed E-state index contributed by atoms with van der Waals surface area (Å²) in [7, 11) is 1.99. The Morgan fingerprint density at radius 3 is 2.38 bits per heavy atom. The van der Waals surface area contributed by atoms with E-state index >= 15 is 0 Å². The van der Waals surface area contributed by atoms with Crippen molar-refractivity contribution in [3.05, 3.63) is 71.8 Å². The molecule has 0 bridgehead atoms. The third kappa shape index (κ3) is 4.07. The highest BCUT2D eigenvalue weighted by Crippen LogP contribution is 2.24. The molecule has 0 N–H and O–H groups in total. The summed E-state index contributed by atoms with van der Waals surface area (Å²) in [5.74, 6) is 0.196. The number of piperazine rings is 1. The summed E-state index contributed by atoms with van der Waals surface area (Å²) in [4.78, 5) is 19.3. The van der Waals surface area contributed by atoms with Crippen molar-refractivity contribution in [2.75, 3.05) is 49.6 Å². The number of hydrogen-bond acceptors (Lipinski definition) is 3. The molecule has 29 heavy (non-hydrogen) atoms. The van der Waals surface area contributed by atoms with Gasteiger partial charge in [-0.3, -0.25) is 4.79 Å². The molecule has 4 heteroatoms. The largest absolute Gasteiger partial charge is 0.368 e. The maximum absolute atomic E-state index is 12.9. The van der Waals surface area contributed by atoms with Crippen LogP contribution in [0, 0.1) is 13.8 Å². The maximum Gasteiger partial charge on any atom is 0.242 e. The van der Waals surface area contributed by atoms with Crippen molar-refractivity contribution in [3.8, 4) is 0 Å². The molecule has 1 heterocycles. The molecule has 1 amide bonds. The number of anilines is 2. The molecular weight excluding hydrogens is 358 g/mol. The Balaban J connectivity index is 1.37. The minimum absolute atomic E-state index is 0.196. The van der Waals surface area contributed by atoms with Crippen LogP contribution in [0.5, 0.6) is 0 Å². The first kappa shape index (κ1) is 19.3. The number of aryl methyl sites for hydroxylation is 1. The number of amides is 1. The van der Waals surface area contributed by atoms with Crippen molar-refractivity contribution < 1.29 is 4.79 Å². The van der Waals surface area contributed by atoms with E-state index < -0.39 is 0 Å². The lowest BCUT2D eigenvalue weighted by molar-refractivity contribution is -0.129. The Morgan fingerprint density at radius 1 is 0.897 bits per heavy atom. The quantitative estimate of drug-likeness (QED) is 0.670. The number of likely N-dealkylation sites (N-methyl/N-ethyl adjacent to an activating group) is 1. The van der Waals surface area contributed by atoms with E-state index in [0.29, 0.717) is 6.54 Å². The van der Waals surface area contributed by atoms with E-state index in [0.717, 1.165) is 31.9 Å². The van der Waals surface area contributed by atoms with Gasteiger partial charge < -0.3 is 14.7 Å². The second-order valence-electron chi connectivity index (χ2n) is 7.97. The van der Waals surface area contributed by atoms with Crippen LogP contribution in [0.15, 0.2) is 60.7 Å². The Labute approximate surface area is 173 Å². The highest BCUT2D eigenvalue weighted by molar-refractivity contribution is 5.87. The second kappa shape index (κ2) is 8.16. The Morgan fingerprint density at radius 2 is 1.62 bits per heavy atom. The normalized spacial score (nSPS) is 14.3. The van der Waals surface area contributed by atoms with E-state index in [9.17, 15) is 4.79 Å². The fourth-order valence-corrected chi connectivity index (χ4v) is 4.08. The molecular formula is C25H29N3O. The SMILES string of the molecule is Cc1cccc(N2CCN(C(=O)CN(C)c3ccc4ccccc4c3)CC2)c1C. The number of rotatable bonds is 4. The molecule has 3 aromatic rings. The van der Waals surface area contributed by atoms with Gasteiger partial charge in [-0.25, -0.2) is 0 Å². The van der Waals surface area contributed by atoms with E-state index in [1.807, 2.05) is 29.0 Å². The summed E-state index contributed by atoms with van der Waals surface area (Å²) < 4.78 is 0. The number of carbonyl (C=O) groups excluding carboxylic acids is 1. The third-order valence-corrected chi connectivity index (χ3v) is 6.10. The number of hydrogen-bond donors (Lipinski definition) is 0. The monoisotopic (exact) mass is 387 g/mol. The first-order valence-corrected chi connectivity index (χ1v) is 10.3. The zero-order chi connectivity index (χ0) is 20.4. The molecule has 4 rings (SSSR count). The van der Waals surface area contributed by atoms with Crippen LogP contribution in [0.3, 0.4) is 0 Å². The van der Waals surface area contributed by atoms with Crippen LogP contribution in [0.4, 0.5) is 11.4 Å². The Kier molecular flexibility index (Phi) is 5.43. The van der Waals surface area contributed by atoms with Crippen molar-refractivity contribution in [1.82, 2.24) is 4.90 Å². The van der Waals surface area contributed by atoms with Crippen LogP contribution in [0.2, 0.25) is 0 Å². The fourth-order valence-electron chi connectivity index (χ4n) is 4.08. The van der Waals surface area contributed by atoms with Crippen LogP contribution < -0.4 is 9.80 Å². The zero-order valence-corrected chi connectivity index (χ0v) is 17.6. The average Bonchev–Trinajstić information content (AvgIpc) is 2.75. The van der Waals surface area contributed by atoms with Crippen LogP contribution >= 0.6 is 0 Å². The summed E-state index contributed by atoms with van der Waals surface area (Å²) in [5, 5.41) is 2.42. The lowest BCUT2D eigenvalue weighted by Gasteiger charge is -2.37. The zero-order valence-electron chi connectivity index (χ0n) is 17.6. The van der Waals surface area contributed by atoms with Gasteiger partial charge in [-0.1, -0.05) is 42.5 Å². The number of nitrogens with zero attached hydrogens (tertiary/aromatic N) is 3. The van der Waals surface area contributed by atoms with Gasteiger partial charge >= 0.3 is 0 Å². The molecule has 0 atom stereocenters. The van der Waals surface area contributed by atoms with Gasteiger partial charge in [-0.15, -0.1) is 0 Å². The molecule has 1 saturated heterocycles. The van der Waals surface area contributed by atoms with Gasteiger partial charge in [0.1, 0.15) is 0 Å². The summed E-state index contributed by atoms with van der Waals surface area (Å²) in [6, 6.07) is 21.1. The average molecular weight is 388 g/mol. The molecule has 1 aliphatic heterocycles. The highest BCUT2D eigenvalue weighted by Gasteiger charge is 2.23. The summed E-state index contributed by atoms with van der Waals surface area (Å²) in [6.45, 7) is 8.06. The summed E-state index contributed by atoms with van der Waals surface area (Å²) in [5.41, 5.74) is 5.03. The minimum Gasteiger partial charge on any atom is -0.368 e. The van der Waals surface area contributed by atoms with Crippen LogP contribution in [-0.4, -0.2) is 50.6 Å². The summed E-state index contributed by atoms with van der Waals surface area (Å²) in [6.07, 6.45) is 0. The summed E-state index contributed by atoms with van der Waals surface area (Å²) >= 11 is 0. The van der Waals surface area contributed by atoms with Crippen LogP contribution in [0.25, 0.3) is 10.8 Å². The van der Waals surface area contributed by atoms with Crippen molar-refractivity contribution in [1.29, 1.82) is 0 Å². The first-order valence-electron chi connectivity index (χ1n) is 10.3. The van der Waals surface area contributed by atoms with Crippen molar-refractivity contribution in [3.63, 3.8) is 0 Å². The van der Waals surface area contributed by atoms with Gasteiger partial charge in [0.15, 0.2) is 0 Å². The lowest BCUT2D eigenvalue weighted by Crippen LogP contribution is -2.51. The molecule has 0 saturated carbocycles. The molecule has 0 spiro atoms. The molecule has 0 aromatic heterocycles. The predicted molar refractivity (Wildman–Crippen MR) is 122 cm³/mol. The van der Waals surface area contributed by atoms with E-state index in [-0.39, 0.29) is 5.91 Å². The maximum atomic E-state index is 12.9. The van der Waals surface area contributed by atoms with E-state index in [1.54, 1.807) is 0 Å². The van der Waals surface area contributed by atoms with Crippen LogP contribution in [0.1, 0.15) is 11.1 Å². The number of benzene rings is 3. The molecule has 1 fully saturated rings. The van der Waals surface area contributed by atoms with Gasteiger partial charge in [-0.05, 0) is 53.9 Å². The predicted octanol–water partition coefficient (Wildman–Crippen LogP) is 4.24. The fraction of sp³-hybridized carbons (Fsp3) is 0.320. The minimum atomic E-state index is 0.196. The van der Waals surface area contributed by atoms with Gasteiger partial charge in [0.2, 0.25) is 5.91 Å². The second-order valence-corrected chi connectivity index (χ2v) is 7.97. The van der Waals surface area contributed by atoms with Crippen molar-refractivity contribution in [2.24, 2.45) is 0 Å². The Hall–Kier alpha value is -3.01. The topological polar surface area (TPSA) is 26.8 Å². The van der Waals surface area contributed by atoms with Gasteiger partial charge in [0.25, 0.3) is 0 Å². The standard InChI is InChI=1S/C25H29N3O/c1-19-7-6-10-24(20(19)2)27-13-15-28(16-14-27)25(29)18-26(3)23-12-11-21-8-4-5-9-22(21)17-23/h4-12,17H,13-16,18H2,1-3H3. The van der Waals surface area contributed by atoms with Gasteiger partial charge in [0, 0.05) is 44.6 Å². The van der Waals surface area contributed by atoms with E-state index in [2.05, 4.69) is 67.3 Å². The van der Waals surface area contributed by atoms with Gasteiger partial charge in [-0.2, -0.15) is 0 Å². The van der Waals surface area contributed by atoms with Crippen molar-refractivity contribution >= 4 is 28.1 Å². The first-order chi connectivity index (χ1) is 14.0. The number of fused-ring (bicyclic) bond motifs is 1. The third-order valence-electron chi connectivity index (χ3n) is 6.10. The van der Waals surface area contributed by atoms with Crippen molar-refractivity contribution in [2.45, 2.75) is 13.8 Å². The Bertz CT molecular complexity index is 1020. The molecule has 150 valence electrons. The smallest absolute Gasteiger partial charge is 0.242 e. The van der Waals surface area contributed by atoms with E-state index in [1.165, 1.54) is 27.6 Å². The molecule has 3 aromatic carbocycles. The molecule has 0 radical (unpaired) electrons. The molecule has 1 aliphatic rings. The number of carbonyl (C=O) groups is 1. The molecule has 0 aliphatic carbocycles. The lowest BCUT2D eigenvalue weighted by atomic mass is 10.1. The molecule has 4 nitrogen and oxygen atoms in total. The van der Waals surface area contributed by atoms with E-state index in [4.69, 9.17) is 0 Å². The van der Waals surface area contributed by atoms with Crippen LogP contribution in [-0.2, 0) is 4.79 Å². The van der Waals surface area contributed by atoms with Gasteiger partial charge in [0.05, 0.1) is 6.54 Å². The molecule has 0 unspecified atom stereocenters. The highest BCUT2D eigenvalue weighted by atomic mass is 16.2.